The standard InChI is InChI=1S/C27H28FN3O3S/c1-4-11-29-26(32)23-16-35-24(30-23)15-34-21-9-8-18-10-12-31(27(33)17(2)3)25(22(18)14-21)19-6-5-7-20(28)13-19/h4-9,13-14,16-17,25H,1,10-12,15H2,2-3H3,(H,29,32)/t25-/m0/s1. The van der Waals surface area contributed by atoms with E-state index in [4.69, 9.17) is 4.74 Å². The average molecular weight is 494 g/mol. The predicted octanol–water partition coefficient (Wildman–Crippen LogP) is 4.91. The van der Waals surface area contributed by atoms with Gasteiger partial charge in [0.05, 0.1) is 6.04 Å². The van der Waals surface area contributed by atoms with Crippen molar-refractivity contribution in [3.63, 3.8) is 0 Å². The summed E-state index contributed by atoms with van der Waals surface area (Å²) in [7, 11) is 0. The Labute approximate surface area is 208 Å². The van der Waals surface area contributed by atoms with E-state index in [1.54, 1.807) is 17.5 Å². The minimum absolute atomic E-state index is 0.0290. The molecule has 2 heterocycles. The molecular formula is C27H28FN3O3S. The second kappa shape index (κ2) is 10.8. The van der Waals surface area contributed by atoms with Crippen molar-refractivity contribution in [3.8, 4) is 5.75 Å². The molecular weight excluding hydrogens is 465 g/mol. The molecule has 0 radical (unpaired) electrons. The van der Waals surface area contributed by atoms with E-state index in [0.29, 0.717) is 29.5 Å². The quantitative estimate of drug-likeness (QED) is 0.453. The Balaban J connectivity index is 1.58. The van der Waals surface area contributed by atoms with Crippen LogP contribution in [0.3, 0.4) is 0 Å². The molecule has 1 N–H and O–H groups in total. The van der Waals surface area contributed by atoms with E-state index in [1.165, 1.54) is 23.5 Å². The van der Waals surface area contributed by atoms with Gasteiger partial charge >= 0.3 is 0 Å². The molecule has 4 rings (SSSR count). The van der Waals surface area contributed by atoms with Crippen LogP contribution in [0.1, 0.15) is 52.1 Å². The Morgan fingerprint density at radius 3 is 2.89 bits per heavy atom. The highest BCUT2D eigenvalue weighted by atomic mass is 32.1. The first-order valence-corrected chi connectivity index (χ1v) is 12.4. The van der Waals surface area contributed by atoms with Gasteiger partial charge in [-0.3, -0.25) is 9.59 Å². The molecule has 2 aromatic carbocycles. The first-order chi connectivity index (χ1) is 16.9. The van der Waals surface area contributed by atoms with Gasteiger partial charge in [0.25, 0.3) is 5.91 Å². The molecule has 1 aliphatic heterocycles. The lowest BCUT2D eigenvalue weighted by molar-refractivity contribution is -0.136. The summed E-state index contributed by atoms with van der Waals surface area (Å²) in [6, 6.07) is 11.8. The molecule has 0 aliphatic carbocycles. The summed E-state index contributed by atoms with van der Waals surface area (Å²) >= 11 is 1.35. The molecule has 2 amide bonds. The number of nitrogens with zero attached hydrogens (tertiary/aromatic N) is 2. The lowest BCUT2D eigenvalue weighted by Crippen LogP contribution is -2.42. The van der Waals surface area contributed by atoms with Crippen LogP contribution in [0, 0.1) is 11.7 Å². The lowest BCUT2D eigenvalue weighted by Gasteiger charge is -2.39. The minimum Gasteiger partial charge on any atom is -0.486 e. The second-order valence-electron chi connectivity index (χ2n) is 8.67. The van der Waals surface area contributed by atoms with Gasteiger partial charge in [-0.15, -0.1) is 17.9 Å². The summed E-state index contributed by atoms with van der Waals surface area (Å²) in [5, 5.41) is 5.07. The van der Waals surface area contributed by atoms with Crippen LogP contribution >= 0.6 is 11.3 Å². The van der Waals surface area contributed by atoms with Gasteiger partial charge in [0.15, 0.2) is 0 Å². The van der Waals surface area contributed by atoms with Crippen LogP contribution in [0.2, 0.25) is 0 Å². The van der Waals surface area contributed by atoms with Crippen LogP contribution in [0.4, 0.5) is 4.39 Å². The average Bonchev–Trinajstić information content (AvgIpc) is 3.34. The zero-order chi connectivity index (χ0) is 24.9. The fourth-order valence-electron chi connectivity index (χ4n) is 4.17. The Kier molecular flexibility index (Phi) is 7.60. The number of rotatable bonds is 8. The van der Waals surface area contributed by atoms with E-state index in [-0.39, 0.29) is 30.2 Å². The monoisotopic (exact) mass is 493 g/mol. The normalized spacial score (nSPS) is 15.0. The molecule has 1 atom stereocenters. The number of hydrogen-bond donors (Lipinski definition) is 1. The van der Waals surface area contributed by atoms with Gasteiger partial charge in [-0.1, -0.05) is 38.1 Å². The lowest BCUT2D eigenvalue weighted by atomic mass is 9.87. The smallest absolute Gasteiger partial charge is 0.271 e. The van der Waals surface area contributed by atoms with Crippen LogP contribution in [-0.4, -0.2) is 34.8 Å². The highest BCUT2D eigenvalue weighted by Crippen LogP contribution is 2.38. The van der Waals surface area contributed by atoms with Crippen molar-refractivity contribution in [2.24, 2.45) is 5.92 Å². The highest BCUT2D eigenvalue weighted by molar-refractivity contribution is 7.09. The number of halogens is 1. The number of fused-ring (bicyclic) bond motifs is 1. The number of aromatic nitrogens is 1. The largest absolute Gasteiger partial charge is 0.486 e. The number of amides is 2. The van der Waals surface area contributed by atoms with E-state index in [9.17, 15) is 14.0 Å². The van der Waals surface area contributed by atoms with Gasteiger partial charge in [0, 0.05) is 24.4 Å². The van der Waals surface area contributed by atoms with Gasteiger partial charge in [0.2, 0.25) is 5.91 Å². The summed E-state index contributed by atoms with van der Waals surface area (Å²) in [6.45, 7) is 8.49. The summed E-state index contributed by atoms with van der Waals surface area (Å²) in [5.74, 6) is -0.113. The van der Waals surface area contributed by atoms with Crippen LogP contribution in [0.5, 0.6) is 5.75 Å². The molecule has 0 fully saturated rings. The number of benzene rings is 2. The summed E-state index contributed by atoms with van der Waals surface area (Å²) in [4.78, 5) is 31.3. The molecule has 1 aromatic heterocycles. The summed E-state index contributed by atoms with van der Waals surface area (Å²) < 4.78 is 20.1. The fraction of sp³-hybridized carbons (Fsp3) is 0.296. The van der Waals surface area contributed by atoms with Crippen molar-refractivity contribution in [3.05, 3.63) is 93.7 Å². The van der Waals surface area contributed by atoms with Crippen LogP contribution in [0.25, 0.3) is 0 Å². The zero-order valence-corrected chi connectivity index (χ0v) is 20.6. The van der Waals surface area contributed by atoms with Gasteiger partial charge < -0.3 is 15.0 Å². The van der Waals surface area contributed by atoms with Gasteiger partial charge in [-0.2, -0.15) is 0 Å². The van der Waals surface area contributed by atoms with Crippen LogP contribution < -0.4 is 10.1 Å². The third-order valence-corrected chi connectivity index (χ3v) is 6.66. The zero-order valence-electron chi connectivity index (χ0n) is 19.8. The SMILES string of the molecule is C=CCNC(=O)c1csc(COc2ccc3c(c2)[C@H](c2cccc(F)c2)N(C(=O)C(C)C)CC3)n1. The van der Waals surface area contributed by atoms with Gasteiger partial charge in [0.1, 0.15) is 28.9 Å². The Morgan fingerprint density at radius 1 is 1.31 bits per heavy atom. The van der Waals surface area contributed by atoms with Crippen LogP contribution in [-0.2, 0) is 17.8 Å². The molecule has 0 unspecified atom stereocenters. The highest BCUT2D eigenvalue weighted by Gasteiger charge is 2.33. The Bertz CT molecular complexity index is 1240. The molecule has 6 nitrogen and oxygen atoms in total. The van der Waals surface area contributed by atoms with Gasteiger partial charge in [-0.25, -0.2) is 9.37 Å². The first kappa shape index (κ1) is 24.6. The number of hydrogen-bond acceptors (Lipinski definition) is 5. The van der Waals surface area contributed by atoms with E-state index in [2.05, 4.69) is 16.9 Å². The van der Waals surface area contributed by atoms with E-state index in [1.807, 2.05) is 43.0 Å². The first-order valence-electron chi connectivity index (χ1n) is 11.5. The number of carbonyl (C=O) groups is 2. The van der Waals surface area contributed by atoms with Gasteiger partial charge in [-0.05, 0) is 47.4 Å². The number of nitrogens with one attached hydrogen (secondary N) is 1. The molecule has 8 heteroatoms. The van der Waals surface area contributed by atoms with E-state index < -0.39 is 6.04 Å². The second-order valence-corrected chi connectivity index (χ2v) is 9.61. The summed E-state index contributed by atoms with van der Waals surface area (Å²) in [6.07, 6.45) is 2.33. The molecule has 0 bridgehead atoms. The van der Waals surface area contributed by atoms with Crippen molar-refractivity contribution < 1.29 is 18.7 Å². The third kappa shape index (κ3) is 5.59. The number of carbonyl (C=O) groups excluding carboxylic acids is 2. The predicted molar refractivity (Wildman–Crippen MR) is 134 cm³/mol. The molecule has 182 valence electrons. The van der Waals surface area contributed by atoms with Crippen molar-refractivity contribution >= 4 is 23.2 Å². The maximum absolute atomic E-state index is 14.1. The number of thiazole rings is 1. The number of ether oxygens (including phenoxy) is 1. The molecule has 0 saturated carbocycles. The van der Waals surface area contributed by atoms with Crippen molar-refractivity contribution in [1.29, 1.82) is 0 Å². The molecule has 35 heavy (non-hydrogen) atoms. The molecule has 1 aliphatic rings. The fourth-order valence-corrected chi connectivity index (χ4v) is 4.86. The molecule has 0 spiro atoms. The third-order valence-electron chi connectivity index (χ3n) is 5.84. The van der Waals surface area contributed by atoms with Crippen LogP contribution in [0.15, 0.2) is 60.5 Å². The molecule has 3 aromatic rings. The van der Waals surface area contributed by atoms with E-state index >= 15 is 0 Å². The molecule has 0 saturated heterocycles. The van der Waals surface area contributed by atoms with E-state index in [0.717, 1.165) is 23.1 Å². The topological polar surface area (TPSA) is 71.5 Å². The maximum atomic E-state index is 14.1. The Morgan fingerprint density at radius 2 is 2.14 bits per heavy atom. The van der Waals surface area contributed by atoms with Crippen molar-refractivity contribution in [2.75, 3.05) is 13.1 Å². The Hall–Kier alpha value is -3.52. The minimum atomic E-state index is -0.395. The maximum Gasteiger partial charge on any atom is 0.271 e. The summed E-state index contributed by atoms with van der Waals surface area (Å²) in [5.41, 5.74) is 3.11. The van der Waals surface area contributed by atoms with Crippen molar-refractivity contribution in [2.45, 2.75) is 32.9 Å². The van der Waals surface area contributed by atoms with Crippen molar-refractivity contribution in [1.82, 2.24) is 15.2 Å².